The van der Waals surface area contributed by atoms with Gasteiger partial charge in [-0.1, -0.05) is 19.8 Å². The second-order valence-corrected chi connectivity index (χ2v) is 6.74. The molecular weight excluding hydrogens is 286 g/mol. The molecule has 2 rings (SSSR count). The van der Waals surface area contributed by atoms with Crippen LogP contribution in [0.1, 0.15) is 59.0 Å². The van der Waals surface area contributed by atoms with Crippen LogP contribution in [0.25, 0.3) is 0 Å². The number of carbonyl (C=O) groups is 2. The van der Waals surface area contributed by atoms with Crippen LogP contribution in [0.4, 0.5) is 0 Å². The second-order valence-electron chi connectivity index (χ2n) is 5.71. The molecule has 1 aliphatic rings. The van der Waals surface area contributed by atoms with Crippen molar-refractivity contribution < 1.29 is 9.59 Å². The Balaban J connectivity index is 2.00. The summed E-state index contributed by atoms with van der Waals surface area (Å²) < 4.78 is 0. The molecule has 6 heteroatoms. The van der Waals surface area contributed by atoms with Crippen molar-refractivity contribution in [2.75, 3.05) is 20.1 Å². The SMILES string of the molecule is CCN(C)C1(CNC(=O)c2cnc(C(C)=O)s2)CCCC1. The van der Waals surface area contributed by atoms with Crippen LogP contribution < -0.4 is 5.32 Å². The number of ketones is 1. The zero-order valence-electron chi connectivity index (χ0n) is 12.9. The second kappa shape index (κ2) is 6.66. The van der Waals surface area contributed by atoms with Gasteiger partial charge in [0.2, 0.25) is 0 Å². The monoisotopic (exact) mass is 309 g/mol. The molecule has 21 heavy (non-hydrogen) atoms. The minimum atomic E-state index is -0.129. The summed E-state index contributed by atoms with van der Waals surface area (Å²) in [5.41, 5.74) is 0.0818. The molecule has 0 bridgehead atoms. The summed E-state index contributed by atoms with van der Waals surface area (Å²) in [5.74, 6) is -0.229. The normalized spacial score (nSPS) is 17.1. The third-order valence-corrected chi connectivity index (χ3v) is 5.52. The molecule has 1 aromatic rings. The lowest BCUT2D eigenvalue weighted by Crippen LogP contribution is -2.52. The van der Waals surface area contributed by atoms with Crippen LogP contribution in [-0.4, -0.2) is 47.3 Å². The van der Waals surface area contributed by atoms with Crippen LogP contribution in [0.2, 0.25) is 0 Å². The van der Waals surface area contributed by atoms with Gasteiger partial charge in [-0.3, -0.25) is 14.5 Å². The van der Waals surface area contributed by atoms with E-state index in [2.05, 4.69) is 29.2 Å². The van der Waals surface area contributed by atoms with Crippen molar-refractivity contribution in [2.24, 2.45) is 0 Å². The molecule has 0 aromatic carbocycles. The Labute approximate surface area is 129 Å². The first-order valence-corrected chi connectivity index (χ1v) is 8.26. The minimum absolute atomic E-state index is 0.0818. The van der Waals surface area contributed by atoms with Crippen molar-refractivity contribution >= 4 is 23.0 Å². The fraction of sp³-hybridized carbons (Fsp3) is 0.667. The van der Waals surface area contributed by atoms with Gasteiger partial charge in [-0.2, -0.15) is 0 Å². The molecule has 0 aliphatic heterocycles. The van der Waals surface area contributed by atoms with Crippen molar-refractivity contribution in [1.82, 2.24) is 15.2 Å². The first-order chi connectivity index (χ1) is 9.98. The Morgan fingerprint density at radius 3 is 2.62 bits per heavy atom. The lowest BCUT2D eigenvalue weighted by Gasteiger charge is -2.38. The van der Waals surface area contributed by atoms with E-state index in [-0.39, 0.29) is 17.2 Å². The van der Waals surface area contributed by atoms with Gasteiger partial charge >= 0.3 is 0 Å². The van der Waals surface area contributed by atoms with Crippen LogP contribution in [0.15, 0.2) is 6.20 Å². The van der Waals surface area contributed by atoms with Gasteiger partial charge in [-0.05, 0) is 26.4 Å². The molecule has 0 spiro atoms. The van der Waals surface area contributed by atoms with E-state index >= 15 is 0 Å². The highest BCUT2D eigenvalue weighted by atomic mass is 32.1. The van der Waals surface area contributed by atoms with Crippen LogP contribution in [0.3, 0.4) is 0 Å². The molecule has 1 amide bonds. The lowest BCUT2D eigenvalue weighted by molar-refractivity contribution is 0.0878. The number of aromatic nitrogens is 1. The first kappa shape index (κ1) is 16.1. The molecule has 0 atom stereocenters. The molecule has 116 valence electrons. The maximum atomic E-state index is 12.2. The van der Waals surface area contributed by atoms with E-state index in [1.807, 2.05) is 0 Å². The maximum absolute atomic E-state index is 12.2. The van der Waals surface area contributed by atoms with Gasteiger partial charge in [0, 0.05) is 19.0 Å². The van der Waals surface area contributed by atoms with Crippen molar-refractivity contribution in [1.29, 1.82) is 0 Å². The lowest BCUT2D eigenvalue weighted by atomic mass is 9.95. The average Bonchev–Trinajstić information content (AvgIpc) is 3.13. The van der Waals surface area contributed by atoms with E-state index in [4.69, 9.17) is 0 Å². The number of hydrogen-bond acceptors (Lipinski definition) is 5. The Morgan fingerprint density at radius 2 is 2.10 bits per heavy atom. The molecule has 1 fully saturated rings. The molecule has 0 saturated heterocycles. The van der Waals surface area contributed by atoms with Crippen LogP contribution >= 0.6 is 11.3 Å². The minimum Gasteiger partial charge on any atom is -0.349 e. The van der Waals surface area contributed by atoms with Gasteiger partial charge in [0.25, 0.3) is 5.91 Å². The number of hydrogen-bond donors (Lipinski definition) is 1. The zero-order chi connectivity index (χ0) is 15.5. The van der Waals surface area contributed by atoms with Gasteiger partial charge in [0.1, 0.15) is 4.88 Å². The highest BCUT2D eigenvalue weighted by Gasteiger charge is 2.37. The average molecular weight is 309 g/mol. The third kappa shape index (κ3) is 3.49. The Morgan fingerprint density at radius 1 is 1.43 bits per heavy atom. The summed E-state index contributed by atoms with van der Waals surface area (Å²) in [5, 5.41) is 3.42. The van der Waals surface area contributed by atoms with Gasteiger partial charge in [-0.25, -0.2) is 4.98 Å². The molecule has 1 N–H and O–H groups in total. The number of carbonyl (C=O) groups excluding carboxylic acids is 2. The fourth-order valence-corrected chi connectivity index (χ4v) is 3.66. The summed E-state index contributed by atoms with van der Waals surface area (Å²) in [4.78, 5) is 30.3. The molecule has 1 heterocycles. The number of Topliss-reactive ketones (excluding diaryl/α,β-unsaturated/α-hetero) is 1. The molecule has 1 aromatic heterocycles. The topological polar surface area (TPSA) is 62.3 Å². The van der Waals surface area contributed by atoms with E-state index in [0.717, 1.165) is 30.7 Å². The first-order valence-electron chi connectivity index (χ1n) is 7.45. The van der Waals surface area contributed by atoms with Crippen molar-refractivity contribution in [3.63, 3.8) is 0 Å². The highest BCUT2D eigenvalue weighted by molar-refractivity contribution is 7.15. The predicted molar refractivity (Wildman–Crippen MR) is 84.0 cm³/mol. The number of rotatable bonds is 6. The Hall–Kier alpha value is -1.27. The smallest absolute Gasteiger partial charge is 0.263 e. The summed E-state index contributed by atoms with van der Waals surface area (Å²) in [6.07, 6.45) is 6.17. The highest BCUT2D eigenvalue weighted by Crippen LogP contribution is 2.33. The van der Waals surface area contributed by atoms with Gasteiger partial charge in [-0.15, -0.1) is 11.3 Å². The Bertz CT molecular complexity index is 521. The fourth-order valence-electron chi connectivity index (χ4n) is 2.94. The van der Waals surface area contributed by atoms with E-state index < -0.39 is 0 Å². The molecule has 5 nitrogen and oxygen atoms in total. The van der Waals surface area contributed by atoms with E-state index in [1.165, 1.54) is 26.0 Å². The van der Waals surface area contributed by atoms with Gasteiger partial charge < -0.3 is 5.32 Å². The van der Waals surface area contributed by atoms with Gasteiger partial charge in [0.05, 0.1) is 6.20 Å². The predicted octanol–water partition coefficient (Wildman–Crippen LogP) is 2.34. The van der Waals surface area contributed by atoms with Crippen LogP contribution in [0.5, 0.6) is 0 Å². The van der Waals surface area contributed by atoms with Crippen molar-refractivity contribution in [3.05, 3.63) is 16.1 Å². The van der Waals surface area contributed by atoms with E-state index in [1.54, 1.807) is 0 Å². The van der Waals surface area contributed by atoms with Crippen LogP contribution in [0, 0.1) is 0 Å². The van der Waals surface area contributed by atoms with E-state index in [9.17, 15) is 9.59 Å². The number of likely N-dealkylation sites (N-methyl/N-ethyl adjacent to an activating group) is 1. The molecule has 0 radical (unpaired) electrons. The summed E-state index contributed by atoms with van der Waals surface area (Å²) in [6.45, 7) is 5.24. The number of thiazole rings is 1. The maximum Gasteiger partial charge on any atom is 0.263 e. The standard InChI is InChI=1S/C15H23N3O2S/c1-4-18(3)15(7-5-6-8-15)10-17-13(20)12-9-16-14(21-12)11(2)19/h9H,4-8,10H2,1-3H3,(H,17,20). The molecular formula is C15H23N3O2S. The largest absolute Gasteiger partial charge is 0.349 e. The molecule has 1 saturated carbocycles. The molecule has 0 unspecified atom stereocenters. The van der Waals surface area contributed by atoms with Crippen molar-refractivity contribution in [3.8, 4) is 0 Å². The Kier molecular flexibility index (Phi) is 5.11. The number of nitrogens with one attached hydrogen (secondary N) is 1. The van der Waals surface area contributed by atoms with Gasteiger partial charge in [0.15, 0.2) is 10.8 Å². The van der Waals surface area contributed by atoms with Crippen LogP contribution in [-0.2, 0) is 0 Å². The number of nitrogens with zero attached hydrogens (tertiary/aromatic N) is 2. The quantitative estimate of drug-likeness (QED) is 0.819. The van der Waals surface area contributed by atoms with E-state index in [0.29, 0.717) is 16.4 Å². The third-order valence-electron chi connectivity index (χ3n) is 4.43. The number of amides is 1. The summed E-state index contributed by atoms with van der Waals surface area (Å²) in [6, 6.07) is 0. The van der Waals surface area contributed by atoms with Crippen molar-refractivity contribution in [2.45, 2.75) is 45.1 Å². The molecule has 1 aliphatic carbocycles. The zero-order valence-corrected chi connectivity index (χ0v) is 13.8. The summed E-state index contributed by atoms with van der Waals surface area (Å²) in [7, 11) is 2.12. The summed E-state index contributed by atoms with van der Waals surface area (Å²) >= 11 is 1.16.